The number of rotatable bonds is 4. The van der Waals surface area contributed by atoms with E-state index in [1.165, 1.54) is 17.2 Å². The molecule has 3 N–H and O–H groups in total. The molecule has 9 nitrogen and oxygen atoms in total. The maximum absolute atomic E-state index is 12.1. The Morgan fingerprint density at radius 2 is 1.80 bits per heavy atom. The van der Waals surface area contributed by atoms with Crippen LogP contribution in [0.2, 0.25) is 0 Å². The van der Waals surface area contributed by atoms with Gasteiger partial charge in [0.05, 0.1) is 11.9 Å². The zero-order valence-corrected chi connectivity index (χ0v) is 16.3. The van der Waals surface area contributed by atoms with E-state index >= 15 is 0 Å². The second-order valence-electron chi connectivity index (χ2n) is 6.73. The number of phenols is 1. The van der Waals surface area contributed by atoms with E-state index in [0.717, 1.165) is 5.56 Å². The van der Waals surface area contributed by atoms with Crippen molar-refractivity contribution in [1.29, 1.82) is 0 Å². The molecule has 30 heavy (non-hydrogen) atoms. The fraction of sp³-hybridized carbons (Fsp3) is 0.0952. The molecule has 0 spiro atoms. The quantitative estimate of drug-likeness (QED) is 0.524. The van der Waals surface area contributed by atoms with Crippen LogP contribution in [0.3, 0.4) is 0 Å². The summed E-state index contributed by atoms with van der Waals surface area (Å²) in [7, 11) is 3.40. The number of hydrogen-bond donors (Lipinski definition) is 2. The van der Waals surface area contributed by atoms with E-state index in [2.05, 4.69) is 20.2 Å². The summed E-state index contributed by atoms with van der Waals surface area (Å²) >= 11 is 0. The molecule has 0 aliphatic heterocycles. The van der Waals surface area contributed by atoms with Crippen LogP contribution in [0, 0.1) is 0 Å². The lowest BCUT2D eigenvalue weighted by atomic mass is 10.1. The van der Waals surface area contributed by atoms with E-state index in [9.17, 15) is 9.90 Å². The Morgan fingerprint density at radius 1 is 1.07 bits per heavy atom. The van der Waals surface area contributed by atoms with E-state index in [4.69, 9.17) is 10.2 Å². The first-order valence-electron chi connectivity index (χ1n) is 9.00. The first-order valence-corrected chi connectivity index (χ1v) is 9.00. The Morgan fingerprint density at radius 3 is 2.50 bits per heavy atom. The molecule has 0 atom stereocenters. The largest absolute Gasteiger partial charge is 0.508 e. The average Bonchev–Trinajstić information content (AvgIpc) is 3.24. The second kappa shape index (κ2) is 7.63. The van der Waals surface area contributed by atoms with Crippen LogP contribution in [0.15, 0.2) is 59.1 Å². The first kappa shape index (κ1) is 19.1. The lowest BCUT2D eigenvalue weighted by Gasteiger charge is -2.10. The van der Waals surface area contributed by atoms with Crippen molar-refractivity contribution in [3.8, 4) is 40.0 Å². The molecule has 4 aromatic rings. The zero-order valence-electron chi connectivity index (χ0n) is 16.3. The molecule has 0 saturated heterocycles. The van der Waals surface area contributed by atoms with E-state index < -0.39 is 0 Å². The average molecular weight is 408 g/mol. The minimum Gasteiger partial charge on any atom is -0.508 e. The van der Waals surface area contributed by atoms with Crippen LogP contribution < -0.4 is 5.73 Å². The van der Waals surface area contributed by atoms with Gasteiger partial charge in [0.1, 0.15) is 5.75 Å². The van der Waals surface area contributed by atoms with Gasteiger partial charge in [-0.05, 0) is 30.3 Å². The molecular formula is C21H24N6O3. The molecule has 1 amide bonds. The molecule has 4 rings (SSSR count). The Balaban J connectivity index is 0.00000181. The van der Waals surface area contributed by atoms with Gasteiger partial charge >= 0.3 is 0 Å². The third kappa shape index (κ3) is 3.68. The van der Waals surface area contributed by atoms with Gasteiger partial charge in [0.25, 0.3) is 11.8 Å². The number of aromatic hydroxyl groups is 1. The van der Waals surface area contributed by atoms with Crippen molar-refractivity contribution in [3.05, 3.63) is 60.3 Å². The van der Waals surface area contributed by atoms with E-state index in [1.807, 2.05) is 0 Å². The zero-order chi connectivity index (χ0) is 21.3. The molecule has 0 fully saturated rings. The van der Waals surface area contributed by atoms with Gasteiger partial charge in [-0.15, -0.1) is 10.2 Å². The van der Waals surface area contributed by atoms with Gasteiger partial charge in [-0.2, -0.15) is 0 Å². The van der Waals surface area contributed by atoms with Crippen molar-refractivity contribution in [2.24, 2.45) is 0 Å². The van der Waals surface area contributed by atoms with Crippen LogP contribution in [-0.2, 0) is 0 Å². The van der Waals surface area contributed by atoms with Gasteiger partial charge in [0.2, 0.25) is 5.89 Å². The Hall–Kier alpha value is -4.27. The number of nitrogens with zero attached hydrogens (tertiary/aromatic N) is 5. The number of aromatic nitrogens is 4. The summed E-state index contributed by atoms with van der Waals surface area (Å²) in [4.78, 5) is 22.3. The number of nitrogen functional groups attached to an aromatic ring is 1. The summed E-state index contributed by atoms with van der Waals surface area (Å²) in [5.74, 6) is 0.476. The highest BCUT2D eigenvalue weighted by Gasteiger charge is 2.17. The fourth-order valence-corrected chi connectivity index (χ4v) is 2.81. The van der Waals surface area contributed by atoms with Crippen LogP contribution in [0.4, 0.5) is 5.82 Å². The van der Waals surface area contributed by atoms with E-state index in [1.54, 1.807) is 56.6 Å². The van der Waals surface area contributed by atoms with Crippen molar-refractivity contribution < 1.29 is 18.6 Å². The number of phenolic OH excluding ortho intramolecular Hbond substituents is 1. The lowest BCUT2D eigenvalue weighted by molar-refractivity contribution is 0.0827. The molecule has 2 aromatic carbocycles. The van der Waals surface area contributed by atoms with Gasteiger partial charge in [-0.25, -0.2) is 9.97 Å². The normalized spacial score (nSPS) is 10.7. The van der Waals surface area contributed by atoms with Crippen LogP contribution >= 0.6 is 0 Å². The van der Waals surface area contributed by atoms with Gasteiger partial charge in [0, 0.05) is 35.1 Å². The minimum atomic E-state index is -0.0871. The number of nitrogens with two attached hydrogens (primary N) is 1. The Kier molecular flexibility index (Phi) is 4.85. The van der Waals surface area contributed by atoms with Crippen LogP contribution in [0.25, 0.3) is 34.3 Å². The molecule has 0 unspecified atom stereocenters. The minimum absolute atomic E-state index is 0. The molecule has 0 radical (unpaired) electrons. The molecule has 0 saturated carbocycles. The first-order chi connectivity index (χ1) is 14.4. The SMILES string of the molecule is CN(C)C(=O)c1ccc(-c2cnc(N)c(-c3nnc(-c4cccc(O)c4)o3)n2)cc1.[HH].[HH].[HH]. The maximum Gasteiger partial charge on any atom is 0.270 e. The van der Waals surface area contributed by atoms with Gasteiger partial charge < -0.3 is 20.2 Å². The van der Waals surface area contributed by atoms with Gasteiger partial charge in [-0.3, -0.25) is 4.79 Å². The standard InChI is InChI=1S/C21H18N6O3.3H2/c1-27(2)21(29)13-8-6-12(7-9-13)16-11-23-18(22)17(24-16)20-26-25-19(30-20)14-4-3-5-15(28)10-14;;;/h3-11,28H,1-2H3,(H2,22,23);3*1H. The highest BCUT2D eigenvalue weighted by molar-refractivity contribution is 5.94. The van der Waals surface area contributed by atoms with Gasteiger partial charge in [0.15, 0.2) is 11.5 Å². The molecule has 2 heterocycles. The van der Waals surface area contributed by atoms with Gasteiger partial charge in [-0.1, -0.05) is 18.2 Å². The molecule has 0 aliphatic carbocycles. The van der Waals surface area contributed by atoms with Crippen molar-refractivity contribution >= 4 is 11.7 Å². The molecule has 0 aliphatic rings. The van der Waals surface area contributed by atoms with Crippen LogP contribution in [0.5, 0.6) is 5.75 Å². The molecule has 0 bridgehead atoms. The number of carbonyl (C=O) groups is 1. The third-order valence-corrected chi connectivity index (χ3v) is 4.36. The van der Waals surface area contributed by atoms with E-state index in [-0.39, 0.29) is 39.2 Å². The molecule has 9 heteroatoms. The highest BCUT2D eigenvalue weighted by Crippen LogP contribution is 2.29. The topological polar surface area (TPSA) is 131 Å². The Bertz CT molecular complexity index is 1230. The summed E-state index contributed by atoms with van der Waals surface area (Å²) < 4.78 is 5.69. The smallest absolute Gasteiger partial charge is 0.270 e. The highest BCUT2D eigenvalue weighted by atomic mass is 16.4. The summed E-state index contributed by atoms with van der Waals surface area (Å²) in [6.45, 7) is 0. The molecular weight excluding hydrogens is 384 g/mol. The summed E-state index contributed by atoms with van der Waals surface area (Å²) in [5, 5.41) is 17.6. The molecule has 156 valence electrons. The summed E-state index contributed by atoms with van der Waals surface area (Å²) in [6, 6.07) is 13.5. The Labute approximate surface area is 176 Å². The second-order valence-corrected chi connectivity index (χ2v) is 6.73. The number of amides is 1. The van der Waals surface area contributed by atoms with Crippen LogP contribution in [-0.4, -0.2) is 50.2 Å². The lowest BCUT2D eigenvalue weighted by Crippen LogP contribution is -2.21. The number of carbonyl (C=O) groups excluding carboxylic acids is 1. The number of anilines is 1. The predicted molar refractivity (Wildman–Crippen MR) is 117 cm³/mol. The maximum atomic E-state index is 12.1. The fourth-order valence-electron chi connectivity index (χ4n) is 2.81. The van der Waals surface area contributed by atoms with Crippen LogP contribution in [0.1, 0.15) is 14.6 Å². The summed E-state index contributed by atoms with van der Waals surface area (Å²) in [5.41, 5.74) is 8.66. The molecule has 2 aromatic heterocycles. The van der Waals surface area contributed by atoms with Crippen molar-refractivity contribution in [1.82, 2.24) is 25.1 Å². The van der Waals surface area contributed by atoms with Crippen molar-refractivity contribution in [2.45, 2.75) is 0 Å². The summed E-state index contributed by atoms with van der Waals surface area (Å²) in [6.07, 6.45) is 1.54. The third-order valence-electron chi connectivity index (χ3n) is 4.36. The predicted octanol–water partition coefficient (Wildman–Crippen LogP) is 3.59. The monoisotopic (exact) mass is 408 g/mol. The van der Waals surface area contributed by atoms with Crippen molar-refractivity contribution in [2.75, 3.05) is 19.8 Å². The van der Waals surface area contributed by atoms with E-state index in [0.29, 0.717) is 16.8 Å². The number of hydrogen-bond acceptors (Lipinski definition) is 8. The number of benzene rings is 2. The van der Waals surface area contributed by atoms with Crippen molar-refractivity contribution in [3.63, 3.8) is 0 Å².